The molecule has 0 atom stereocenters. The zero-order valence-corrected chi connectivity index (χ0v) is 13.7. The first-order valence-electron chi connectivity index (χ1n) is 7.80. The van der Waals surface area contributed by atoms with Crippen LogP contribution < -0.4 is 9.47 Å². The van der Waals surface area contributed by atoms with E-state index in [9.17, 15) is 10.1 Å². The topological polar surface area (TPSA) is 87.4 Å². The third-order valence-electron chi connectivity index (χ3n) is 3.96. The third-order valence-corrected chi connectivity index (χ3v) is 3.96. The second-order valence-electron chi connectivity index (χ2n) is 5.58. The number of nitro benzene ring substituents is 1. The Kier molecular flexibility index (Phi) is 3.81. The molecule has 0 bridgehead atoms. The van der Waals surface area contributed by atoms with Crippen LogP contribution in [0.25, 0.3) is 23.1 Å². The van der Waals surface area contributed by atoms with Crippen LogP contribution >= 0.6 is 0 Å². The van der Waals surface area contributed by atoms with Crippen molar-refractivity contribution < 1.29 is 14.4 Å². The van der Waals surface area contributed by atoms with Crippen molar-refractivity contribution in [2.45, 2.75) is 0 Å². The van der Waals surface area contributed by atoms with Gasteiger partial charge in [0.2, 0.25) is 0 Å². The quantitative estimate of drug-likeness (QED) is 0.526. The standard InChI is InChI=1S/C19H13N3O4/c1-25-19-20-11-15-17(9-12-5-3-2-4-6-12)26-16-8-7-13(22(23)24)10-14(16)18(15)21-19/h2-11H,1H3/b17-9-. The molecule has 0 saturated heterocycles. The Bertz CT molecular complexity index is 1030. The van der Waals surface area contributed by atoms with Crippen LogP contribution in [0.5, 0.6) is 11.8 Å². The Labute approximate surface area is 148 Å². The van der Waals surface area contributed by atoms with Gasteiger partial charge in [-0.1, -0.05) is 30.3 Å². The Morgan fingerprint density at radius 2 is 1.96 bits per heavy atom. The van der Waals surface area contributed by atoms with Gasteiger partial charge in [0, 0.05) is 18.3 Å². The Balaban J connectivity index is 1.92. The lowest BCUT2D eigenvalue weighted by molar-refractivity contribution is -0.384. The van der Waals surface area contributed by atoms with Gasteiger partial charge < -0.3 is 9.47 Å². The first-order valence-corrected chi connectivity index (χ1v) is 7.80. The van der Waals surface area contributed by atoms with E-state index in [1.54, 1.807) is 12.3 Å². The maximum atomic E-state index is 11.1. The van der Waals surface area contributed by atoms with Crippen LogP contribution in [0.4, 0.5) is 5.69 Å². The van der Waals surface area contributed by atoms with Gasteiger partial charge >= 0.3 is 6.01 Å². The van der Waals surface area contributed by atoms with Crippen LogP contribution in [0.15, 0.2) is 54.7 Å². The summed E-state index contributed by atoms with van der Waals surface area (Å²) in [7, 11) is 1.47. The molecule has 7 heteroatoms. The number of benzene rings is 2. The highest BCUT2D eigenvalue weighted by molar-refractivity contribution is 5.91. The van der Waals surface area contributed by atoms with Gasteiger partial charge in [-0.05, 0) is 17.7 Å². The van der Waals surface area contributed by atoms with Gasteiger partial charge in [-0.3, -0.25) is 10.1 Å². The van der Waals surface area contributed by atoms with Crippen molar-refractivity contribution in [3.63, 3.8) is 0 Å². The summed E-state index contributed by atoms with van der Waals surface area (Å²) in [6, 6.07) is 14.3. The number of nitrogens with zero attached hydrogens (tertiary/aromatic N) is 3. The van der Waals surface area contributed by atoms with E-state index in [0.29, 0.717) is 28.3 Å². The molecule has 2 aromatic carbocycles. The van der Waals surface area contributed by atoms with Crippen LogP contribution in [0.1, 0.15) is 11.1 Å². The molecular formula is C19H13N3O4. The van der Waals surface area contributed by atoms with Crippen molar-refractivity contribution in [1.82, 2.24) is 9.97 Å². The molecule has 0 unspecified atom stereocenters. The first kappa shape index (κ1) is 15.8. The van der Waals surface area contributed by atoms with Gasteiger partial charge in [-0.2, -0.15) is 4.98 Å². The highest BCUT2D eigenvalue weighted by Gasteiger charge is 2.26. The fourth-order valence-corrected chi connectivity index (χ4v) is 2.74. The summed E-state index contributed by atoms with van der Waals surface area (Å²) in [6.45, 7) is 0. The highest BCUT2D eigenvalue weighted by atomic mass is 16.6. The number of hydrogen-bond acceptors (Lipinski definition) is 6. The number of hydrogen-bond donors (Lipinski definition) is 0. The molecule has 0 aliphatic carbocycles. The number of rotatable bonds is 3. The fourth-order valence-electron chi connectivity index (χ4n) is 2.74. The molecule has 2 heterocycles. The second-order valence-corrected chi connectivity index (χ2v) is 5.58. The zero-order valence-electron chi connectivity index (χ0n) is 13.7. The van der Waals surface area contributed by atoms with Crippen LogP contribution in [0.3, 0.4) is 0 Å². The molecule has 0 spiro atoms. The molecule has 3 aromatic rings. The summed E-state index contributed by atoms with van der Waals surface area (Å²) in [5.74, 6) is 1.06. The monoisotopic (exact) mass is 347 g/mol. The molecule has 0 radical (unpaired) electrons. The Hall–Kier alpha value is -3.74. The molecule has 26 heavy (non-hydrogen) atoms. The third kappa shape index (κ3) is 2.75. The number of nitro groups is 1. The van der Waals surface area contributed by atoms with E-state index in [1.165, 1.54) is 19.2 Å². The van der Waals surface area contributed by atoms with E-state index < -0.39 is 4.92 Å². The lowest BCUT2D eigenvalue weighted by atomic mass is 10.00. The minimum Gasteiger partial charge on any atom is -0.467 e. The fraction of sp³-hybridized carbons (Fsp3) is 0.0526. The average Bonchev–Trinajstić information content (AvgIpc) is 2.68. The van der Waals surface area contributed by atoms with E-state index >= 15 is 0 Å². The van der Waals surface area contributed by atoms with Crippen LogP contribution in [0.2, 0.25) is 0 Å². The van der Waals surface area contributed by atoms with Crippen LogP contribution in [-0.4, -0.2) is 22.0 Å². The lowest BCUT2D eigenvalue weighted by Gasteiger charge is -2.22. The summed E-state index contributed by atoms with van der Waals surface area (Å²) in [5.41, 5.74) is 2.62. The van der Waals surface area contributed by atoms with Gasteiger partial charge in [-0.25, -0.2) is 4.98 Å². The average molecular weight is 347 g/mol. The number of fused-ring (bicyclic) bond motifs is 3. The van der Waals surface area contributed by atoms with E-state index in [0.717, 1.165) is 5.56 Å². The van der Waals surface area contributed by atoms with E-state index in [-0.39, 0.29) is 11.7 Å². The SMILES string of the molecule is COc1ncc2c(n1)-c1cc([N+](=O)[O-])ccc1O/C2=C\c1ccccc1. The molecule has 1 aliphatic rings. The molecule has 0 fully saturated rings. The summed E-state index contributed by atoms with van der Waals surface area (Å²) in [5, 5.41) is 11.1. The van der Waals surface area contributed by atoms with Crippen molar-refractivity contribution in [2.24, 2.45) is 0 Å². The maximum Gasteiger partial charge on any atom is 0.316 e. The van der Waals surface area contributed by atoms with Crippen molar-refractivity contribution in [3.8, 4) is 23.0 Å². The number of non-ortho nitro benzene ring substituents is 1. The molecule has 0 amide bonds. The minimum absolute atomic E-state index is 0.0358. The van der Waals surface area contributed by atoms with Gasteiger partial charge in [0.15, 0.2) is 0 Å². The van der Waals surface area contributed by atoms with Crippen molar-refractivity contribution in [2.75, 3.05) is 7.11 Å². The van der Waals surface area contributed by atoms with Gasteiger partial charge in [0.25, 0.3) is 5.69 Å². The van der Waals surface area contributed by atoms with Crippen LogP contribution in [-0.2, 0) is 0 Å². The summed E-state index contributed by atoms with van der Waals surface area (Å²) in [4.78, 5) is 19.2. The molecule has 7 nitrogen and oxygen atoms in total. The molecule has 4 rings (SSSR count). The maximum absolute atomic E-state index is 11.1. The molecular weight excluding hydrogens is 334 g/mol. The first-order chi connectivity index (χ1) is 12.7. The Morgan fingerprint density at radius 1 is 1.15 bits per heavy atom. The van der Waals surface area contributed by atoms with E-state index in [2.05, 4.69) is 9.97 Å². The van der Waals surface area contributed by atoms with Crippen molar-refractivity contribution >= 4 is 17.5 Å². The van der Waals surface area contributed by atoms with Crippen LogP contribution in [0, 0.1) is 10.1 Å². The predicted octanol–water partition coefficient (Wildman–Crippen LogP) is 3.95. The second kappa shape index (κ2) is 6.29. The summed E-state index contributed by atoms with van der Waals surface area (Å²) in [6.07, 6.45) is 3.47. The molecule has 0 saturated carbocycles. The molecule has 0 N–H and O–H groups in total. The van der Waals surface area contributed by atoms with Gasteiger partial charge in [0.05, 0.1) is 28.9 Å². The van der Waals surface area contributed by atoms with Crippen molar-refractivity contribution in [1.29, 1.82) is 0 Å². The molecule has 1 aliphatic heterocycles. The largest absolute Gasteiger partial charge is 0.467 e. The highest BCUT2D eigenvalue weighted by Crippen LogP contribution is 2.43. The van der Waals surface area contributed by atoms with Crippen molar-refractivity contribution in [3.05, 3.63) is 76.0 Å². The number of methoxy groups -OCH3 is 1. The number of aromatic nitrogens is 2. The van der Waals surface area contributed by atoms with Gasteiger partial charge in [-0.15, -0.1) is 0 Å². The predicted molar refractivity (Wildman–Crippen MR) is 95.6 cm³/mol. The zero-order chi connectivity index (χ0) is 18.1. The lowest BCUT2D eigenvalue weighted by Crippen LogP contribution is -2.08. The normalized spacial score (nSPS) is 13.5. The smallest absolute Gasteiger partial charge is 0.316 e. The van der Waals surface area contributed by atoms with E-state index in [4.69, 9.17) is 9.47 Å². The molecule has 128 valence electrons. The van der Waals surface area contributed by atoms with Gasteiger partial charge in [0.1, 0.15) is 11.5 Å². The number of ether oxygens (including phenoxy) is 2. The minimum atomic E-state index is -0.451. The summed E-state index contributed by atoms with van der Waals surface area (Å²) >= 11 is 0. The molecule has 1 aromatic heterocycles. The Morgan fingerprint density at radius 3 is 2.69 bits per heavy atom. The summed E-state index contributed by atoms with van der Waals surface area (Å²) < 4.78 is 11.1. The van der Waals surface area contributed by atoms with E-state index in [1.807, 2.05) is 36.4 Å².